The number of nitrogens with zero attached hydrogens (tertiary/aromatic N) is 3. The summed E-state index contributed by atoms with van der Waals surface area (Å²) in [6.45, 7) is 6.61. The second kappa shape index (κ2) is 5.54. The van der Waals surface area contributed by atoms with Gasteiger partial charge in [0.05, 0.1) is 10.2 Å². The first-order valence-electron chi connectivity index (χ1n) is 6.75. The van der Waals surface area contributed by atoms with E-state index in [1.165, 1.54) is 10.3 Å². The van der Waals surface area contributed by atoms with Crippen LogP contribution in [0.2, 0.25) is 0 Å². The third kappa shape index (κ3) is 2.95. The molecule has 19 heavy (non-hydrogen) atoms. The van der Waals surface area contributed by atoms with Crippen molar-refractivity contribution in [2.24, 2.45) is 0 Å². The zero-order valence-corrected chi connectivity index (χ0v) is 12.3. The van der Waals surface area contributed by atoms with Crippen LogP contribution in [-0.4, -0.2) is 48.1 Å². The molecule has 5 heteroatoms. The summed E-state index contributed by atoms with van der Waals surface area (Å²) in [6.07, 6.45) is 1.99. The van der Waals surface area contributed by atoms with Gasteiger partial charge in [-0.15, -0.1) is 11.3 Å². The molecule has 1 atom stereocenters. The van der Waals surface area contributed by atoms with E-state index in [-0.39, 0.29) is 0 Å². The number of hydrazine groups is 1. The molecule has 1 saturated heterocycles. The lowest BCUT2D eigenvalue weighted by atomic mass is 10.1. The highest BCUT2D eigenvalue weighted by Crippen LogP contribution is 2.22. The Kier molecular flexibility index (Phi) is 3.79. The van der Waals surface area contributed by atoms with Gasteiger partial charge in [-0.2, -0.15) is 0 Å². The molecule has 1 aliphatic heterocycles. The van der Waals surface area contributed by atoms with Crippen molar-refractivity contribution in [3.63, 3.8) is 0 Å². The van der Waals surface area contributed by atoms with Gasteiger partial charge in [-0.3, -0.25) is 4.98 Å². The molecule has 0 aromatic carbocycles. The van der Waals surface area contributed by atoms with Crippen molar-refractivity contribution in [3.05, 3.63) is 29.3 Å². The maximum absolute atomic E-state index is 4.51. The molecule has 1 N–H and O–H groups in total. The molecule has 1 aliphatic rings. The van der Waals surface area contributed by atoms with E-state index in [4.69, 9.17) is 0 Å². The van der Waals surface area contributed by atoms with Crippen LogP contribution in [0.3, 0.4) is 0 Å². The first-order valence-corrected chi connectivity index (χ1v) is 7.63. The van der Waals surface area contributed by atoms with Crippen molar-refractivity contribution in [2.45, 2.75) is 13.0 Å². The van der Waals surface area contributed by atoms with Crippen LogP contribution >= 0.6 is 11.3 Å². The molecule has 1 unspecified atom stereocenters. The Bertz CT molecular complexity index is 545. The van der Waals surface area contributed by atoms with E-state index in [2.05, 4.69) is 51.8 Å². The van der Waals surface area contributed by atoms with Crippen molar-refractivity contribution < 1.29 is 0 Å². The molecule has 3 heterocycles. The number of likely N-dealkylation sites (N-methyl/N-ethyl adjacent to an activating group) is 1. The second-order valence-electron chi connectivity index (χ2n) is 5.21. The number of nitrogens with one attached hydrogen (secondary N) is 1. The van der Waals surface area contributed by atoms with Crippen molar-refractivity contribution in [1.82, 2.24) is 20.3 Å². The largest absolute Gasteiger partial charge is 0.304 e. The second-order valence-corrected chi connectivity index (χ2v) is 6.16. The molecular weight excluding hydrogens is 256 g/mol. The minimum atomic E-state index is 0.308. The van der Waals surface area contributed by atoms with Crippen molar-refractivity contribution in [1.29, 1.82) is 0 Å². The van der Waals surface area contributed by atoms with Crippen LogP contribution in [0.1, 0.15) is 18.5 Å². The number of piperazine rings is 1. The van der Waals surface area contributed by atoms with Gasteiger partial charge in [-0.05, 0) is 37.0 Å². The molecule has 0 radical (unpaired) electrons. The molecule has 2 aromatic rings. The van der Waals surface area contributed by atoms with Gasteiger partial charge in [0.25, 0.3) is 0 Å². The zero-order valence-electron chi connectivity index (χ0n) is 11.5. The third-order valence-corrected chi connectivity index (χ3v) is 4.56. The summed E-state index contributed by atoms with van der Waals surface area (Å²) in [7, 11) is 2.18. The Hall–Kier alpha value is -1.01. The van der Waals surface area contributed by atoms with Gasteiger partial charge in [0.15, 0.2) is 0 Å². The Morgan fingerprint density at radius 1 is 1.32 bits per heavy atom. The molecule has 2 aromatic heterocycles. The summed E-state index contributed by atoms with van der Waals surface area (Å²) in [5.74, 6) is 0. The van der Waals surface area contributed by atoms with Gasteiger partial charge in [0, 0.05) is 38.4 Å². The molecule has 3 rings (SSSR count). The predicted molar refractivity (Wildman–Crippen MR) is 80.2 cm³/mol. The van der Waals surface area contributed by atoms with Gasteiger partial charge < -0.3 is 4.90 Å². The van der Waals surface area contributed by atoms with Crippen molar-refractivity contribution in [3.8, 4) is 0 Å². The molecule has 0 amide bonds. The van der Waals surface area contributed by atoms with Crippen LogP contribution in [0.25, 0.3) is 10.2 Å². The molecule has 0 spiro atoms. The Labute approximate surface area is 118 Å². The molecule has 1 fully saturated rings. The highest BCUT2D eigenvalue weighted by atomic mass is 32.1. The van der Waals surface area contributed by atoms with E-state index in [0.717, 1.165) is 31.7 Å². The lowest BCUT2D eigenvalue weighted by molar-refractivity contribution is 0.0898. The molecular formula is C14H20N4S. The summed E-state index contributed by atoms with van der Waals surface area (Å²) in [5, 5.41) is 4.42. The highest BCUT2D eigenvalue weighted by Gasteiger charge is 2.16. The van der Waals surface area contributed by atoms with E-state index in [9.17, 15) is 0 Å². The fraction of sp³-hybridized carbons (Fsp3) is 0.500. The van der Waals surface area contributed by atoms with E-state index in [1.54, 1.807) is 11.3 Å². The number of rotatable bonds is 3. The van der Waals surface area contributed by atoms with E-state index >= 15 is 0 Å². The van der Waals surface area contributed by atoms with Crippen molar-refractivity contribution in [2.75, 3.05) is 33.2 Å². The van der Waals surface area contributed by atoms with Gasteiger partial charge in [0.1, 0.15) is 0 Å². The standard InChI is InChI=1S/C14H20N4S/c1-11(16-18-6-4-17(2)5-7-18)12-9-14-13(15-10-12)3-8-19-14/h3,8-11,16H,4-7H2,1-2H3. The number of aromatic nitrogens is 1. The molecule has 102 valence electrons. The average molecular weight is 276 g/mol. The average Bonchev–Trinajstić information content (AvgIpc) is 2.88. The molecule has 4 nitrogen and oxygen atoms in total. The topological polar surface area (TPSA) is 31.4 Å². The smallest absolute Gasteiger partial charge is 0.0809 e. The van der Waals surface area contributed by atoms with Crippen LogP contribution in [0.5, 0.6) is 0 Å². The van der Waals surface area contributed by atoms with E-state index in [0.29, 0.717) is 6.04 Å². The highest BCUT2D eigenvalue weighted by molar-refractivity contribution is 7.17. The van der Waals surface area contributed by atoms with Gasteiger partial charge in [0.2, 0.25) is 0 Å². The third-order valence-electron chi connectivity index (χ3n) is 3.70. The zero-order chi connectivity index (χ0) is 13.2. The summed E-state index contributed by atoms with van der Waals surface area (Å²) < 4.78 is 1.27. The molecule has 0 aliphatic carbocycles. The maximum Gasteiger partial charge on any atom is 0.0809 e. The van der Waals surface area contributed by atoms with Crippen LogP contribution in [0, 0.1) is 0 Å². The van der Waals surface area contributed by atoms with E-state index in [1.807, 2.05) is 6.20 Å². The Balaban J connectivity index is 1.67. The summed E-state index contributed by atoms with van der Waals surface area (Å²) >= 11 is 1.75. The number of hydrogen-bond acceptors (Lipinski definition) is 5. The number of fused-ring (bicyclic) bond motifs is 1. The SMILES string of the molecule is CC(NN1CCN(C)CC1)c1cnc2ccsc2c1. The van der Waals surface area contributed by atoms with Crippen LogP contribution in [0.15, 0.2) is 23.7 Å². The van der Waals surface area contributed by atoms with Crippen LogP contribution in [-0.2, 0) is 0 Å². The predicted octanol–water partition coefficient (Wildman–Crippen LogP) is 2.11. The Morgan fingerprint density at radius 2 is 2.11 bits per heavy atom. The normalized spacial score (nSPS) is 19.9. The maximum atomic E-state index is 4.51. The quantitative estimate of drug-likeness (QED) is 0.930. The van der Waals surface area contributed by atoms with Crippen LogP contribution < -0.4 is 5.43 Å². The summed E-state index contributed by atoms with van der Waals surface area (Å²) in [5.41, 5.74) is 5.94. The lowest BCUT2D eigenvalue weighted by Crippen LogP contribution is -2.51. The van der Waals surface area contributed by atoms with Crippen LogP contribution in [0.4, 0.5) is 0 Å². The van der Waals surface area contributed by atoms with Gasteiger partial charge in [-0.25, -0.2) is 10.4 Å². The minimum absolute atomic E-state index is 0.308. The van der Waals surface area contributed by atoms with Crippen molar-refractivity contribution >= 4 is 21.6 Å². The first-order chi connectivity index (χ1) is 9.22. The number of thiophene rings is 1. The molecule has 0 saturated carbocycles. The van der Waals surface area contributed by atoms with Gasteiger partial charge in [-0.1, -0.05) is 0 Å². The summed E-state index contributed by atoms with van der Waals surface area (Å²) in [6, 6.07) is 4.63. The first kappa shape index (κ1) is 13.0. The number of hydrogen-bond donors (Lipinski definition) is 1. The number of pyridine rings is 1. The lowest BCUT2D eigenvalue weighted by Gasteiger charge is -2.34. The fourth-order valence-electron chi connectivity index (χ4n) is 2.38. The molecule has 0 bridgehead atoms. The Morgan fingerprint density at radius 3 is 2.89 bits per heavy atom. The minimum Gasteiger partial charge on any atom is -0.304 e. The summed E-state index contributed by atoms with van der Waals surface area (Å²) in [4.78, 5) is 6.87. The monoisotopic (exact) mass is 276 g/mol. The van der Waals surface area contributed by atoms with Gasteiger partial charge >= 0.3 is 0 Å². The fourth-order valence-corrected chi connectivity index (χ4v) is 3.17. The van der Waals surface area contributed by atoms with E-state index < -0.39 is 0 Å².